The molecule has 1 unspecified atom stereocenters. The molecule has 3 N–H and O–H groups in total. The van der Waals surface area contributed by atoms with Gasteiger partial charge in [0.25, 0.3) is 0 Å². The van der Waals surface area contributed by atoms with Crippen LogP contribution in [0.25, 0.3) is 0 Å². The molecule has 3 heteroatoms. The molecule has 88 valence electrons. The Morgan fingerprint density at radius 1 is 1.44 bits per heavy atom. The number of benzene rings is 1. The summed E-state index contributed by atoms with van der Waals surface area (Å²) in [6, 6.07) is 8.49. The molecule has 0 aromatic heterocycles. The van der Waals surface area contributed by atoms with Gasteiger partial charge in [0.05, 0.1) is 6.61 Å². The highest BCUT2D eigenvalue weighted by molar-refractivity contribution is 5.25. The van der Waals surface area contributed by atoms with Gasteiger partial charge >= 0.3 is 0 Å². The summed E-state index contributed by atoms with van der Waals surface area (Å²) in [6.07, 6.45) is 1.84. The Labute approximate surface area is 97.3 Å². The van der Waals surface area contributed by atoms with Crippen LogP contribution in [0.2, 0.25) is 0 Å². The average molecular weight is 220 g/mol. The highest BCUT2D eigenvalue weighted by Gasteiger charge is 2.07. The van der Waals surface area contributed by atoms with Crippen molar-refractivity contribution in [3.63, 3.8) is 0 Å². The highest BCUT2D eigenvalue weighted by atomic mass is 16.5. The van der Waals surface area contributed by atoms with Crippen LogP contribution < -0.4 is 11.1 Å². The Hall–Kier alpha value is -1.16. The van der Waals surface area contributed by atoms with Crippen LogP contribution in [0.15, 0.2) is 36.9 Å². The lowest BCUT2D eigenvalue weighted by Gasteiger charge is -2.16. The molecule has 0 aliphatic rings. The molecule has 0 saturated heterocycles. The monoisotopic (exact) mass is 220 g/mol. The number of rotatable bonds is 7. The van der Waals surface area contributed by atoms with Crippen molar-refractivity contribution < 1.29 is 4.74 Å². The molecule has 0 amide bonds. The van der Waals surface area contributed by atoms with E-state index in [0.29, 0.717) is 13.2 Å². The Morgan fingerprint density at radius 2 is 2.12 bits per heavy atom. The molecule has 0 heterocycles. The van der Waals surface area contributed by atoms with E-state index in [0.717, 1.165) is 6.54 Å². The van der Waals surface area contributed by atoms with E-state index in [-0.39, 0.29) is 6.04 Å². The van der Waals surface area contributed by atoms with Gasteiger partial charge in [0.1, 0.15) is 0 Å². The topological polar surface area (TPSA) is 47.3 Å². The SMILES string of the molecule is C=CCNC(CN)c1ccc(COC)cc1. The van der Waals surface area contributed by atoms with Crippen molar-refractivity contribution in [1.82, 2.24) is 5.32 Å². The lowest BCUT2D eigenvalue weighted by molar-refractivity contribution is 0.185. The number of nitrogens with one attached hydrogen (secondary N) is 1. The second-order valence-electron chi connectivity index (χ2n) is 3.66. The van der Waals surface area contributed by atoms with Gasteiger partial charge in [0.15, 0.2) is 0 Å². The summed E-state index contributed by atoms with van der Waals surface area (Å²) < 4.78 is 5.07. The van der Waals surface area contributed by atoms with E-state index in [9.17, 15) is 0 Å². The smallest absolute Gasteiger partial charge is 0.0713 e. The van der Waals surface area contributed by atoms with Crippen LogP contribution in [0.5, 0.6) is 0 Å². The van der Waals surface area contributed by atoms with Crippen LogP contribution in [0.1, 0.15) is 17.2 Å². The van der Waals surface area contributed by atoms with Gasteiger partial charge in [-0.15, -0.1) is 6.58 Å². The highest BCUT2D eigenvalue weighted by Crippen LogP contribution is 2.13. The van der Waals surface area contributed by atoms with Gasteiger partial charge in [-0.25, -0.2) is 0 Å². The minimum Gasteiger partial charge on any atom is -0.380 e. The van der Waals surface area contributed by atoms with E-state index in [1.165, 1.54) is 11.1 Å². The molecule has 0 spiro atoms. The maximum Gasteiger partial charge on any atom is 0.0713 e. The van der Waals surface area contributed by atoms with Crippen molar-refractivity contribution >= 4 is 0 Å². The van der Waals surface area contributed by atoms with Gasteiger partial charge in [0, 0.05) is 26.2 Å². The molecule has 1 aromatic rings. The Bertz CT molecular complexity index is 308. The van der Waals surface area contributed by atoms with Crippen LogP contribution >= 0.6 is 0 Å². The summed E-state index contributed by atoms with van der Waals surface area (Å²) in [6.45, 7) is 5.67. The zero-order valence-corrected chi connectivity index (χ0v) is 9.78. The number of hydrogen-bond donors (Lipinski definition) is 2. The predicted molar refractivity (Wildman–Crippen MR) is 67.2 cm³/mol. The molecule has 1 rings (SSSR count). The first-order valence-electron chi connectivity index (χ1n) is 5.44. The van der Waals surface area contributed by atoms with Gasteiger partial charge in [-0.05, 0) is 11.1 Å². The third-order valence-corrected chi connectivity index (χ3v) is 2.44. The summed E-state index contributed by atoms with van der Waals surface area (Å²) in [4.78, 5) is 0. The average Bonchev–Trinajstić information content (AvgIpc) is 2.32. The number of nitrogens with two attached hydrogens (primary N) is 1. The second kappa shape index (κ2) is 7.17. The minimum atomic E-state index is 0.189. The number of ether oxygens (including phenoxy) is 1. The van der Waals surface area contributed by atoms with Crippen molar-refractivity contribution in [2.75, 3.05) is 20.2 Å². The third-order valence-electron chi connectivity index (χ3n) is 2.44. The molecule has 3 nitrogen and oxygen atoms in total. The molecular weight excluding hydrogens is 200 g/mol. The molecule has 0 aliphatic heterocycles. The van der Waals surface area contributed by atoms with Crippen molar-refractivity contribution in [2.45, 2.75) is 12.6 Å². The van der Waals surface area contributed by atoms with E-state index >= 15 is 0 Å². The molecule has 0 fully saturated rings. The van der Waals surface area contributed by atoms with Crippen LogP contribution in [0, 0.1) is 0 Å². The molecule has 1 aromatic carbocycles. The standard InChI is InChI=1S/C13H20N2O/c1-3-8-15-13(9-14)12-6-4-11(5-7-12)10-16-2/h3-7,13,15H,1,8-10,14H2,2H3. The van der Waals surface area contributed by atoms with Gasteiger partial charge in [0.2, 0.25) is 0 Å². The molecule has 0 bridgehead atoms. The molecule has 1 atom stereocenters. The van der Waals surface area contributed by atoms with Gasteiger partial charge in [-0.3, -0.25) is 0 Å². The van der Waals surface area contributed by atoms with Gasteiger partial charge < -0.3 is 15.8 Å². The number of hydrogen-bond acceptors (Lipinski definition) is 3. The van der Waals surface area contributed by atoms with Crippen LogP contribution in [0.3, 0.4) is 0 Å². The first-order chi connectivity index (χ1) is 7.81. The van der Waals surface area contributed by atoms with Crippen molar-refractivity contribution in [1.29, 1.82) is 0 Å². The fourth-order valence-electron chi connectivity index (χ4n) is 1.58. The molecule has 16 heavy (non-hydrogen) atoms. The molecule has 0 saturated carbocycles. The number of methoxy groups -OCH3 is 1. The fourth-order valence-corrected chi connectivity index (χ4v) is 1.58. The zero-order chi connectivity index (χ0) is 11.8. The summed E-state index contributed by atoms with van der Waals surface area (Å²) in [5, 5.41) is 3.31. The summed E-state index contributed by atoms with van der Waals surface area (Å²) in [5.41, 5.74) is 8.09. The van der Waals surface area contributed by atoms with E-state index in [2.05, 4.69) is 36.2 Å². The van der Waals surface area contributed by atoms with Crippen molar-refractivity contribution in [2.24, 2.45) is 5.73 Å². The van der Waals surface area contributed by atoms with E-state index in [1.54, 1.807) is 7.11 Å². The largest absolute Gasteiger partial charge is 0.380 e. The predicted octanol–water partition coefficient (Wildman–Crippen LogP) is 1.61. The lowest BCUT2D eigenvalue weighted by atomic mass is 10.1. The second-order valence-corrected chi connectivity index (χ2v) is 3.66. The van der Waals surface area contributed by atoms with Crippen molar-refractivity contribution in [3.05, 3.63) is 48.0 Å². The van der Waals surface area contributed by atoms with Crippen LogP contribution in [-0.2, 0) is 11.3 Å². The van der Waals surface area contributed by atoms with Gasteiger partial charge in [-0.1, -0.05) is 30.3 Å². The fraction of sp³-hybridized carbons (Fsp3) is 0.385. The van der Waals surface area contributed by atoms with E-state index in [1.807, 2.05) is 6.08 Å². The van der Waals surface area contributed by atoms with Crippen LogP contribution in [-0.4, -0.2) is 20.2 Å². The Balaban J connectivity index is 2.66. The van der Waals surface area contributed by atoms with Crippen LogP contribution in [0.4, 0.5) is 0 Å². The minimum absolute atomic E-state index is 0.189. The Morgan fingerprint density at radius 3 is 2.62 bits per heavy atom. The van der Waals surface area contributed by atoms with Crippen molar-refractivity contribution in [3.8, 4) is 0 Å². The summed E-state index contributed by atoms with van der Waals surface area (Å²) in [5.74, 6) is 0. The summed E-state index contributed by atoms with van der Waals surface area (Å²) in [7, 11) is 1.70. The lowest BCUT2D eigenvalue weighted by Crippen LogP contribution is -2.28. The molecule has 0 radical (unpaired) electrons. The maximum atomic E-state index is 5.72. The van der Waals surface area contributed by atoms with E-state index in [4.69, 9.17) is 10.5 Å². The first-order valence-corrected chi connectivity index (χ1v) is 5.44. The quantitative estimate of drug-likeness (QED) is 0.686. The maximum absolute atomic E-state index is 5.72. The third kappa shape index (κ3) is 3.77. The summed E-state index contributed by atoms with van der Waals surface area (Å²) >= 11 is 0. The van der Waals surface area contributed by atoms with Gasteiger partial charge in [-0.2, -0.15) is 0 Å². The Kier molecular flexibility index (Phi) is 5.78. The van der Waals surface area contributed by atoms with E-state index < -0.39 is 0 Å². The first kappa shape index (κ1) is 12.9. The molecular formula is C13H20N2O. The normalized spacial score (nSPS) is 12.4. The zero-order valence-electron chi connectivity index (χ0n) is 9.78. The molecule has 0 aliphatic carbocycles.